The van der Waals surface area contributed by atoms with Gasteiger partial charge < -0.3 is 24.8 Å². The molecule has 188 valence electrons. The summed E-state index contributed by atoms with van der Waals surface area (Å²) in [6.45, 7) is 4.76. The Bertz CT molecular complexity index is 1510. The van der Waals surface area contributed by atoms with E-state index in [1.807, 2.05) is 0 Å². The van der Waals surface area contributed by atoms with E-state index < -0.39 is 29.1 Å². The molecule has 2 atom stereocenters. The number of rotatable bonds is 5. The number of aliphatic hydroxyl groups is 2. The van der Waals surface area contributed by atoms with Gasteiger partial charge in [-0.25, -0.2) is 14.2 Å². The average Bonchev–Trinajstić information content (AvgIpc) is 3.19. The lowest BCUT2D eigenvalue weighted by Crippen LogP contribution is -2.44. The third-order valence-corrected chi connectivity index (χ3v) is 7.03. The van der Waals surface area contributed by atoms with Gasteiger partial charge in [0.15, 0.2) is 5.60 Å². The van der Waals surface area contributed by atoms with Gasteiger partial charge in [0.1, 0.15) is 12.4 Å². The molecule has 3 aromatic rings. The molecule has 3 N–H and O–H groups in total. The van der Waals surface area contributed by atoms with E-state index in [9.17, 15) is 29.0 Å². The summed E-state index contributed by atoms with van der Waals surface area (Å²) in [7, 11) is 0. The largest absolute Gasteiger partial charge is 0.458 e. The van der Waals surface area contributed by atoms with E-state index in [0.717, 1.165) is 0 Å². The fourth-order valence-corrected chi connectivity index (χ4v) is 5.02. The summed E-state index contributed by atoms with van der Waals surface area (Å²) in [4.78, 5) is 42.8. The fraction of sp³-hybridized carbons (Fsp3) is 0.385. The van der Waals surface area contributed by atoms with Gasteiger partial charge in [-0.15, -0.1) is 0 Å². The van der Waals surface area contributed by atoms with Crippen LogP contribution in [0.1, 0.15) is 54.5 Å². The van der Waals surface area contributed by atoms with E-state index in [2.05, 4.69) is 10.3 Å². The molecule has 4 heterocycles. The number of carbonyl (C=O) groups is 2. The number of aromatic nitrogens is 2. The minimum absolute atomic E-state index is 0.0186. The fourth-order valence-electron chi connectivity index (χ4n) is 5.02. The van der Waals surface area contributed by atoms with Crippen LogP contribution in [0.15, 0.2) is 23.0 Å². The number of esters is 1. The summed E-state index contributed by atoms with van der Waals surface area (Å²) < 4.78 is 21.1. The lowest BCUT2D eigenvalue weighted by molar-refractivity contribution is -0.172. The zero-order valence-electron chi connectivity index (χ0n) is 20.1. The third-order valence-electron chi connectivity index (χ3n) is 7.03. The van der Waals surface area contributed by atoms with Crippen molar-refractivity contribution in [3.8, 4) is 11.4 Å². The third kappa shape index (κ3) is 3.59. The molecule has 10 heteroatoms. The lowest BCUT2D eigenvalue weighted by atomic mass is 9.86. The first-order valence-electron chi connectivity index (χ1n) is 11.8. The average molecular weight is 496 g/mol. The minimum Gasteiger partial charge on any atom is -0.458 e. The highest BCUT2D eigenvalue weighted by molar-refractivity contribution is 5.90. The van der Waals surface area contributed by atoms with Crippen LogP contribution in [0, 0.1) is 12.7 Å². The lowest BCUT2D eigenvalue weighted by Gasteiger charge is -2.31. The van der Waals surface area contributed by atoms with Crippen molar-refractivity contribution in [1.82, 2.24) is 14.9 Å². The highest BCUT2D eigenvalue weighted by atomic mass is 19.1. The highest BCUT2D eigenvalue weighted by Crippen LogP contribution is 2.40. The van der Waals surface area contributed by atoms with Gasteiger partial charge in [0.2, 0.25) is 5.91 Å². The van der Waals surface area contributed by atoms with Crippen LogP contribution < -0.4 is 10.9 Å². The van der Waals surface area contributed by atoms with Crippen LogP contribution in [0.3, 0.4) is 0 Å². The highest BCUT2D eigenvalue weighted by Gasteiger charge is 2.45. The summed E-state index contributed by atoms with van der Waals surface area (Å²) in [5.41, 5.74) is 0.959. The van der Waals surface area contributed by atoms with Crippen LogP contribution >= 0.6 is 0 Å². The zero-order chi connectivity index (χ0) is 25.9. The van der Waals surface area contributed by atoms with Crippen molar-refractivity contribution in [2.24, 2.45) is 0 Å². The van der Waals surface area contributed by atoms with Gasteiger partial charge >= 0.3 is 5.97 Å². The number of hydrogen-bond acceptors (Lipinski definition) is 7. The Morgan fingerprint density at radius 1 is 1.31 bits per heavy atom. The topological polar surface area (TPSA) is 131 Å². The molecule has 36 heavy (non-hydrogen) atoms. The van der Waals surface area contributed by atoms with Crippen molar-refractivity contribution in [1.29, 1.82) is 0 Å². The number of benzene rings is 1. The number of ether oxygens (including phenoxy) is 1. The number of nitrogens with zero attached hydrogens (tertiary/aromatic N) is 2. The second-order valence-electron chi connectivity index (χ2n) is 9.47. The van der Waals surface area contributed by atoms with E-state index in [0.29, 0.717) is 39.0 Å². The Morgan fingerprint density at radius 2 is 2.06 bits per heavy atom. The normalized spacial score (nSPS) is 18.9. The Balaban J connectivity index is 1.72. The Kier molecular flexibility index (Phi) is 5.68. The van der Waals surface area contributed by atoms with E-state index in [1.54, 1.807) is 26.0 Å². The second-order valence-corrected chi connectivity index (χ2v) is 9.47. The van der Waals surface area contributed by atoms with Crippen molar-refractivity contribution in [2.75, 3.05) is 0 Å². The molecule has 0 bridgehead atoms. The van der Waals surface area contributed by atoms with Gasteiger partial charge in [0.05, 0.1) is 41.5 Å². The quantitative estimate of drug-likeness (QED) is 0.361. The van der Waals surface area contributed by atoms with Crippen LogP contribution in [0.2, 0.25) is 0 Å². The molecule has 0 saturated heterocycles. The smallest absolute Gasteiger partial charge is 0.343 e. The summed E-state index contributed by atoms with van der Waals surface area (Å²) in [5.74, 6) is -1.61. The molecule has 2 aliphatic heterocycles. The van der Waals surface area contributed by atoms with E-state index in [1.165, 1.54) is 17.6 Å². The monoisotopic (exact) mass is 495 g/mol. The molecule has 0 fully saturated rings. The van der Waals surface area contributed by atoms with Gasteiger partial charge in [-0.05, 0) is 43.5 Å². The van der Waals surface area contributed by atoms with Crippen LogP contribution in [-0.2, 0) is 39.6 Å². The zero-order valence-corrected chi connectivity index (χ0v) is 20.1. The molecule has 2 aliphatic rings. The van der Waals surface area contributed by atoms with Crippen molar-refractivity contribution >= 4 is 22.8 Å². The molecule has 1 aromatic carbocycles. The summed E-state index contributed by atoms with van der Waals surface area (Å²) in [5, 5.41) is 24.0. The van der Waals surface area contributed by atoms with E-state index >= 15 is 0 Å². The maximum atomic E-state index is 14.5. The molecule has 0 spiro atoms. The molecule has 1 amide bonds. The van der Waals surface area contributed by atoms with Crippen LogP contribution in [0.25, 0.3) is 22.3 Å². The van der Waals surface area contributed by atoms with Crippen molar-refractivity contribution in [3.63, 3.8) is 0 Å². The van der Waals surface area contributed by atoms with Crippen LogP contribution in [0.4, 0.5) is 4.39 Å². The minimum atomic E-state index is -1.96. The van der Waals surface area contributed by atoms with Gasteiger partial charge in [0.25, 0.3) is 5.56 Å². The van der Waals surface area contributed by atoms with E-state index in [-0.39, 0.29) is 49.6 Å². The SMILES string of the molecule is CC[C@@]1(O)C(=O)OCc2c1cc1n(c2=O)Cc2c-1nc1cc(F)c(C)cc1c2CNC(=O)C[C@@H](C)O. The first kappa shape index (κ1) is 24.1. The van der Waals surface area contributed by atoms with Gasteiger partial charge in [-0.1, -0.05) is 6.92 Å². The molecule has 5 rings (SSSR count). The molecule has 0 aliphatic carbocycles. The van der Waals surface area contributed by atoms with Crippen LogP contribution in [-0.4, -0.2) is 37.7 Å². The molecule has 0 unspecified atom stereocenters. The molecular formula is C26H26FN3O6. The van der Waals surface area contributed by atoms with E-state index in [4.69, 9.17) is 4.74 Å². The first-order chi connectivity index (χ1) is 17.0. The molecular weight excluding hydrogens is 469 g/mol. The predicted molar refractivity (Wildman–Crippen MR) is 127 cm³/mol. The number of aryl methyl sites for hydroxylation is 1. The molecule has 0 saturated carbocycles. The number of halogens is 1. The standard InChI is InChI=1S/C26H26FN3O6/c1-4-26(35)18-7-21-23-16(10-30(21)24(33)17(18)11-36-25(26)34)15(9-28-22(32)6-13(3)31)14-5-12(2)19(27)8-20(14)29-23/h5,7-8,13,31,35H,4,6,9-11H2,1-3H3,(H,28,32)/t13-,26+/m1/s1. The van der Waals surface area contributed by atoms with Crippen molar-refractivity contribution in [3.05, 3.63) is 62.2 Å². The predicted octanol–water partition coefficient (Wildman–Crippen LogP) is 1.91. The second kappa shape index (κ2) is 8.49. The van der Waals surface area contributed by atoms with Crippen molar-refractivity contribution < 1.29 is 28.9 Å². The Morgan fingerprint density at radius 3 is 2.75 bits per heavy atom. The molecule has 0 radical (unpaired) electrons. The number of nitrogens with one attached hydrogen (secondary N) is 1. The Labute approximate surface area is 205 Å². The number of cyclic esters (lactones) is 1. The van der Waals surface area contributed by atoms with Gasteiger partial charge in [0, 0.05) is 29.1 Å². The summed E-state index contributed by atoms with van der Waals surface area (Å²) in [6.07, 6.45) is -0.864. The van der Waals surface area contributed by atoms with Gasteiger partial charge in [-0.2, -0.15) is 0 Å². The number of fused-ring (bicyclic) bond motifs is 5. The number of pyridine rings is 2. The number of hydrogen-bond donors (Lipinski definition) is 3. The number of aliphatic hydroxyl groups excluding tert-OH is 1. The number of carbonyl (C=O) groups excluding carboxylic acids is 2. The maximum Gasteiger partial charge on any atom is 0.343 e. The van der Waals surface area contributed by atoms with Crippen molar-refractivity contribution in [2.45, 2.75) is 65.0 Å². The molecule has 2 aromatic heterocycles. The summed E-state index contributed by atoms with van der Waals surface area (Å²) >= 11 is 0. The first-order valence-corrected chi connectivity index (χ1v) is 11.8. The van der Waals surface area contributed by atoms with Gasteiger partial charge in [-0.3, -0.25) is 9.59 Å². The number of amides is 1. The maximum absolute atomic E-state index is 14.5. The molecule has 9 nitrogen and oxygen atoms in total. The summed E-state index contributed by atoms with van der Waals surface area (Å²) in [6, 6.07) is 4.56. The Hall–Kier alpha value is -3.63. The van der Waals surface area contributed by atoms with Crippen LogP contribution in [0.5, 0.6) is 0 Å².